The van der Waals surface area contributed by atoms with E-state index in [4.69, 9.17) is 0 Å². The van der Waals surface area contributed by atoms with Gasteiger partial charge in [-0.15, -0.1) is 0 Å². The molecule has 1 aromatic heterocycles. The fraction of sp³-hybridized carbons (Fsp3) is 0.261. The number of fused-ring (bicyclic) bond motifs is 1. The normalized spacial score (nSPS) is 13.7. The molecule has 1 aliphatic heterocycles. The summed E-state index contributed by atoms with van der Waals surface area (Å²) in [6.07, 6.45) is 4.54. The maximum absolute atomic E-state index is 14.8. The van der Waals surface area contributed by atoms with Gasteiger partial charge in [0.25, 0.3) is 11.6 Å². The lowest BCUT2D eigenvalue weighted by Crippen LogP contribution is -2.27. The number of hydrazone groups is 1. The fourth-order valence-corrected chi connectivity index (χ4v) is 4.01. The molecule has 0 atom stereocenters. The van der Waals surface area contributed by atoms with Crippen LogP contribution in [0.1, 0.15) is 35.7 Å². The lowest BCUT2D eigenvalue weighted by Gasteiger charge is -2.20. The minimum Gasteiger partial charge on any atom is -0.369 e. The average Bonchev–Trinajstić information content (AvgIpc) is 3.34. The van der Waals surface area contributed by atoms with E-state index in [9.17, 15) is 24.1 Å². The molecule has 0 spiro atoms. The Hall–Kier alpha value is -4.08. The van der Waals surface area contributed by atoms with E-state index >= 15 is 0 Å². The van der Waals surface area contributed by atoms with Crippen LogP contribution in [0.15, 0.2) is 52.5 Å². The van der Waals surface area contributed by atoms with Crippen molar-refractivity contribution < 1.29 is 14.1 Å². The zero-order valence-electron chi connectivity index (χ0n) is 18.0. The molecule has 33 heavy (non-hydrogen) atoms. The van der Waals surface area contributed by atoms with Gasteiger partial charge in [-0.3, -0.25) is 19.7 Å². The van der Waals surface area contributed by atoms with E-state index in [-0.39, 0.29) is 22.2 Å². The predicted octanol–water partition coefficient (Wildman–Crippen LogP) is 3.43. The number of amides is 1. The Morgan fingerprint density at radius 2 is 2.00 bits per heavy atom. The van der Waals surface area contributed by atoms with Crippen LogP contribution >= 0.6 is 0 Å². The SMILES string of the molecule is CCn1cc(C(=O)N/N=C/c2ccccc2[N+](=O)[O-])c(=O)c2cc(F)c(N3CCCC3)cc21. The number of carbonyl (C=O) groups excluding carboxylic acids is 1. The molecule has 0 saturated carbocycles. The molecule has 1 fully saturated rings. The highest BCUT2D eigenvalue weighted by Crippen LogP contribution is 2.28. The summed E-state index contributed by atoms with van der Waals surface area (Å²) in [5, 5.41) is 15.0. The van der Waals surface area contributed by atoms with Gasteiger partial charge in [-0.1, -0.05) is 12.1 Å². The Bertz CT molecular complexity index is 1330. The van der Waals surface area contributed by atoms with Gasteiger partial charge in [-0.2, -0.15) is 5.10 Å². The maximum atomic E-state index is 14.8. The lowest BCUT2D eigenvalue weighted by molar-refractivity contribution is -0.385. The first-order valence-corrected chi connectivity index (χ1v) is 10.6. The molecule has 0 radical (unpaired) electrons. The Kier molecular flexibility index (Phi) is 6.16. The van der Waals surface area contributed by atoms with Crippen molar-refractivity contribution in [2.75, 3.05) is 18.0 Å². The Labute approximate surface area is 188 Å². The summed E-state index contributed by atoms with van der Waals surface area (Å²) in [6, 6.07) is 8.76. The van der Waals surface area contributed by atoms with Crippen molar-refractivity contribution >= 4 is 34.4 Å². The minimum atomic E-state index is -0.789. The first-order chi connectivity index (χ1) is 15.9. The van der Waals surface area contributed by atoms with Crippen LogP contribution < -0.4 is 15.8 Å². The summed E-state index contributed by atoms with van der Waals surface area (Å²) in [7, 11) is 0. The second-order valence-corrected chi connectivity index (χ2v) is 7.69. The third-order valence-electron chi connectivity index (χ3n) is 5.68. The van der Waals surface area contributed by atoms with Gasteiger partial charge in [0.15, 0.2) is 0 Å². The van der Waals surface area contributed by atoms with E-state index in [1.54, 1.807) is 16.7 Å². The van der Waals surface area contributed by atoms with E-state index in [2.05, 4.69) is 10.5 Å². The lowest BCUT2D eigenvalue weighted by atomic mass is 10.1. The highest BCUT2D eigenvalue weighted by molar-refractivity contribution is 5.98. The minimum absolute atomic E-state index is 0.104. The van der Waals surface area contributed by atoms with E-state index < -0.39 is 22.1 Å². The number of hydrogen-bond donors (Lipinski definition) is 1. The number of aromatic nitrogens is 1. The Balaban J connectivity index is 1.67. The molecule has 1 amide bonds. The van der Waals surface area contributed by atoms with Crippen LogP contribution in [0.25, 0.3) is 10.9 Å². The van der Waals surface area contributed by atoms with Gasteiger partial charge < -0.3 is 9.47 Å². The third-order valence-corrected chi connectivity index (χ3v) is 5.68. The highest BCUT2D eigenvalue weighted by Gasteiger charge is 2.21. The van der Waals surface area contributed by atoms with Crippen molar-refractivity contribution in [3.8, 4) is 0 Å². The molecule has 3 aromatic rings. The Morgan fingerprint density at radius 1 is 1.27 bits per heavy atom. The maximum Gasteiger partial charge on any atom is 0.278 e. The second kappa shape index (κ2) is 9.19. The highest BCUT2D eigenvalue weighted by atomic mass is 19.1. The number of rotatable bonds is 6. The molecule has 0 aliphatic carbocycles. The molecule has 9 nitrogen and oxygen atoms in total. The fourth-order valence-electron chi connectivity index (χ4n) is 4.01. The summed E-state index contributed by atoms with van der Waals surface area (Å²) >= 11 is 0. The largest absolute Gasteiger partial charge is 0.369 e. The van der Waals surface area contributed by atoms with Gasteiger partial charge in [-0.05, 0) is 38.0 Å². The van der Waals surface area contributed by atoms with Crippen molar-refractivity contribution in [2.24, 2.45) is 5.10 Å². The molecule has 2 heterocycles. The topological polar surface area (TPSA) is 110 Å². The molecule has 1 saturated heterocycles. The number of halogens is 1. The van der Waals surface area contributed by atoms with E-state index in [0.29, 0.717) is 17.7 Å². The first kappa shape index (κ1) is 22.1. The smallest absolute Gasteiger partial charge is 0.278 e. The number of nitrogens with one attached hydrogen (secondary N) is 1. The van der Waals surface area contributed by atoms with Gasteiger partial charge in [0.2, 0.25) is 5.43 Å². The van der Waals surface area contributed by atoms with Crippen LogP contribution in [0.4, 0.5) is 15.8 Å². The third kappa shape index (κ3) is 4.32. The summed E-state index contributed by atoms with van der Waals surface area (Å²) in [5.41, 5.74) is 2.45. The molecule has 0 bridgehead atoms. The Morgan fingerprint density at radius 3 is 2.70 bits per heavy atom. The molecule has 2 aromatic carbocycles. The van der Waals surface area contributed by atoms with Gasteiger partial charge >= 0.3 is 0 Å². The number of aryl methyl sites for hydroxylation is 1. The number of anilines is 1. The van der Waals surface area contributed by atoms with Gasteiger partial charge in [0.05, 0.1) is 27.9 Å². The van der Waals surface area contributed by atoms with E-state index in [1.165, 1.54) is 30.5 Å². The predicted molar refractivity (Wildman–Crippen MR) is 123 cm³/mol. The van der Waals surface area contributed by atoms with E-state index in [0.717, 1.165) is 32.1 Å². The number of hydrogen-bond acceptors (Lipinski definition) is 6. The molecular formula is C23H22FN5O4. The number of para-hydroxylation sites is 1. The van der Waals surface area contributed by atoms with Crippen molar-refractivity contribution in [1.82, 2.24) is 9.99 Å². The average molecular weight is 451 g/mol. The summed E-state index contributed by atoms with van der Waals surface area (Å²) in [4.78, 5) is 38.2. The van der Waals surface area contributed by atoms with E-state index in [1.807, 2.05) is 11.8 Å². The second-order valence-electron chi connectivity index (χ2n) is 7.69. The van der Waals surface area contributed by atoms with Crippen molar-refractivity contribution in [3.05, 3.63) is 79.9 Å². The van der Waals surface area contributed by atoms with Gasteiger partial charge in [0, 0.05) is 37.3 Å². The van der Waals surface area contributed by atoms with Crippen LogP contribution in [-0.4, -0.2) is 34.7 Å². The van der Waals surface area contributed by atoms with Gasteiger partial charge in [-0.25, -0.2) is 9.82 Å². The molecule has 1 aliphatic rings. The van der Waals surface area contributed by atoms with Crippen LogP contribution in [0, 0.1) is 15.9 Å². The number of nitro groups is 1. The molecule has 10 heteroatoms. The van der Waals surface area contributed by atoms with Crippen molar-refractivity contribution in [3.63, 3.8) is 0 Å². The van der Waals surface area contributed by atoms with Crippen molar-refractivity contribution in [2.45, 2.75) is 26.3 Å². The number of pyridine rings is 1. The monoisotopic (exact) mass is 451 g/mol. The number of carbonyl (C=O) groups is 1. The first-order valence-electron chi connectivity index (χ1n) is 10.6. The molecule has 1 N–H and O–H groups in total. The number of benzene rings is 2. The van der Waals surface area contributed by atoms with Crippen LogP contribution in [-0.2, 0) is 6.54 Å². The molecular weight excluding hydrogens is 429 g/mol. The molecule has 4 rings (SSSR count). The number of nitro benzene ring substituents is 1. The van der Waals surface area contributed by atoms with Gasteiger partial charge in [0.1, 0.15) is 11.4 Å². The zero-order valence-corrected chi connectivity index (χ0v) is 18.0. The van der Waals surface area contributed by atoms with Crippen LogP contribution in [0.3, 0.4) is 0 Å². The summed E-state index contributed by atoms with van der Waals surface area (Å²) in [5.74, 6) is -1.29. The summed E-state index contributed by atoms with van der Waals surface area (Å²) < 4.78 is 16.6. The zero-order chi connectivity index (χ0) is 23.5. The van der Waals surface area contributed by atoms with Crippen molar-refractivity contribution in [1.29, 1.82) is 0 Å². The van der Waals surface area contributed by atoms with Crippen LogP contribution in [0.5, 0.6) is 0 Å². The molecule has 170 valence electrons. The number of nitrogens with zero attached hydrogens (tertiary/aromatic N) is 4. The standard InChI is InChI=1S/C23H22FN5O4/c1-2-27-14-17(23(31)26-25-13-15-7-3-4-8-19(15)29(32)33)22(30)16-11-18(24)21(12-20(16)27)28-9-5-6-10-28/h3-4,7-8,11-14H,2,5-6,9-10H2,1H3,(H,26,31)/b25-13+. The summed E-state index contributed by atoms with van der Waals surface area (Å²) in [6.45, 7) is 3.84. The molecule has 0 unspecified atom stereocenters. The quantitative estimate of drug-likeness (QED) is 0.351. The van der Waals surface area contributed by atoms with Crippen LogP contribution in [0.2, 0.25) is 0 Å².